The van der Waals surface area contributed by atoms with Crippen molar-refractivity contribution in [2.75, 3.05) is 6.54 Å². The highest BCUT2D eigenvalue weighted by molar-refractivity contribution is 7.89. The molecule has 1 atom stereocenters. The summed E-state index contributed by atoms with van der Waals surface area (Å²) in [7, 11) is -3.48. The fraction of sp³-hybridized carbons (Fsp3) is 0.333. The van der Waals surface area contributed by atoms with Gasteiger partial charge in [0, 0.05) is 23.7 Å². The average molecular weight is 390 g/mol. The maximum absolute atomic E-state index is 12.9. The lowest BCUT2D eigenvalue weighted by Gasteiger charge is -2.19. The summed E-state index contributed by atoms with van der Waals surface area (Å²) in [6.07, 6.45) is 4.55. The lowest BCUT2D eigenvalue weighted by atomic mass is 9.93. The quantitative estimate of drug-likeness (QED) is 0.681. The Morgan fingerprint density at radius 3 is 2.35 bits per heavy atom. The van der Waals surface area contributed by atoms with Gasteiger partial charge in [0.1, 0.15) is 0 Å². The molecule has 1 heterocycles. The molecule has 26 heavy (non-hydrogen) atoms. The van der Waals surface area contributed by atoms with Gasteiger partial charge in [-0.3, -0.25) is 4.31 Å². The summed E-state index contributed by atoms with van der Waals surface area (Å²) in [5, 5.41) is 0.735. The SMILES string of the molecule is CCC1=CN(S(=O)(=O)c2ccc(C)cc2)CC1CCc1ccc(Cl)cc1. The number of aryl methyl sites for hydroxylation is 2. The van der Waals surface area contributed by atoms with Crippen LogP contribution in [0, 0.1) is 12.8 Å². The van der Waals surface area contributed by atoms with Gasteiger partial charge in [-0.25, -0.2) is 8.42 Å². The van der Waals surface area contributed by atoms with E-state index in [0.29, 0.717) is 11.4 Å². The van der Waals surface area contributed by atoms with Crippen LogP contribution in [0.15, 0.2) is 65.2 Å². The molecule has 0 bridgehead atoms. The largest absolute Gasteiger partial charge is 0.273 e. The third kappa shape index (κ3) is 4.13. The van der Waals surface area contributed by atoms with E-state index >= 15 is 0 Å². The van der Waals surface area contributed by atoms with Gasteiger partial charge in [0.15, 0.2) is 0 Å². The zero-order valence-corrected chi connectivity index (χ0v) is 16.7. The van der Waals surface area contributed by atoms with Crippen molar-refractivity contribution in [2.24, 2.45) is 5.92 Å². The highest BCUT2D eigenvalue weighted by Crippen LogP contribution is 2.32. The first kappa shape index (κ1) is 19.0. The molecule has 3 nitrogen and oxygen atoms in total. The highest BCUT2D eigenvalue weighted by atomic mass is 35.5. The smallest absolute Gasteiger partial charge is 0.263 e. The first-order valence-corrected chi connectivity index (χ1v) is 10.8. The van der Waals surface area contributed by atoms with Crippen molar-refractivity contribution in [3.8, 4) is 0 Å². The van der Waals surface area contributed by atoms with Crippen LogP contribution in [0.2, 0.25) is 5.02 Å². The lowest BCUT2D eigenvalue weighted by molar-refractivity contribution is 0.460. The van der Waals surface area contributed by atoms with Crippen LogP contribution in [0.3, 0.4) is 0 Å². The standard InChI is InChI=1S/C21H24ClNO2S/c1-3-18-14-23(26(24,25)21-12-4-16(2)5-13-21)15-19(18)9-6-17-7-10-20(22)11-8-17/h4-5,7-8,10-14,19H,3,6,9,15H2,1-2H3. The van der Waals surface area contributed by atoms with Crippen LogP contribution < -0.4 is 0 Å². The van der Waals surface area contributed by atoms with Crippen LogP contribution >= 0.6 is 11.6 Å². The first-order valence-electron chi connectivity index (χ1n) is 8.93. The van der Waals surface area contributed by atoms with E-state index in [1.165, 1.54) is 15.4 Å². The molecule has 1 aliphatic heterocycles. The number of hydrogen-bond donors (Lipinski definition) is 0. The molecule has 138 valence electrons. The van der Waals surface area contributed by atoms with Crippen LogP contribution in [0.25, 0.3) is 0 Å². The number of sulfonamides is 1. The molecule has 0 N–H and O–H groups in total. The van der Waals surface area contributed by atoms with Crippen molar-refractivity contribution in [1.29, 1.82) is 0 Å². The molecular weight excluding hydrogens is 366 g/mol. The second-order valence-corrected chi connectivity index (χ2v) is 9.13. The van der Waals surface area contributed by atoms with E-state index in [1.54, 1.807) is 12.1 Å². The molecule has 2 aromatic rings. The topological polar surface area (TPSA) is 37.4 Å². The number of benzene rings is 2. The fourth-order valence-electron chi connectivity index (χ4n) is 3.34. The molecule has 0 saturated heterocycles. The molecule has 1 unspecified atom stereocenters. The molecule has 0 fully saturated rings. The fourth-order valence-corrected chi connectivity index (χ4v) is 4.87. The van der Waals surface area contributed by atoms with Gasteiger partial charge in [-0.2, -0.15) is 0 Å². The Morgan fingerprint density at radius 1 is 1.08 bits per heavy atom. The Morgan fingerprint density at radius 2 is 1.73 bits per heavy atom. The molecular formula is C21H24ClNO2S. The Bertz CT molecular complexity index is 887. The number of halogens is 1. The number of nitrogens with zero attached hydrogens (tertiary/aromatic N) is 1. The van der Waals surface area contributed by atoms with E-state index in [1.807, 2.05) is 49.5 Å². The molecule has 1 aliphatic rings. The predicted octanol–water partition coefficient (Wildman–Crippen LogP) is 5.20. The first-order chi connectivity index (χ1) is 12.4. The minimum Gasteiger partial charge on any atom is -0.273 e. The molecule has 0 spiro atoms. The van der Waals surface area contributed by atoms with Crippen LogP contribution in [-0.4, -0.2) is 19.3 Å². The second-order valence-electron chi connectivity index (χ2n) is 6.81. The molecule has 0 aromatic heterocycles. The maximum Gasteiger partial charge on any atom is 0.263 e. The summed E-state index contributed by atoms with van der Waals surface area (Å²) in [5.74, 6) is 0.260. The summed E-state index contributed by atoms with van der Waals surface area (Å²) in [6.45, 7) is 4.56. The van der Waals surface area contributed by atoms with Crippen LogP contribution in [0.1, 0.15) is 30.9 Å². The van der Waals surface area contributed by atoms with Gasteiger partial charge in [0.05, 0.1) is 4.90 Å². The molecule has 2 aromatic carbocycles. The van der Waals surface area contributed by atoms with E-state index in [-0.39, 0.29) is 5.92 Å². The Labute approximate surface area is 161 Å². The minimum atomic E-state index is -3.48. The zero-order valence-electron chi connectivity index (χ0n) is 15.2. The molecule has 0 saturated carbocycles. The summed E-state index contributed by atoms with van der Waals surface area (Å²) in [6, 6.07) is 14.9. The summed E-state index contributed by atoms with van der Waals surface area (Å²) in [5.41, 5.74) is 3.48. The highest BCUT2D eigenvalue weighted by Gasteiger charge is 2.31. The van der Waals surface area contributed by atoms with Gasteiger partial charge in [0.2, 0.25) is 0 Å². The molecule has 5 heteroatoms. The van der Waals surface area contributed by atoms with E-state index in [9.17, 15) is 8.42 Å². The minimum absolute atomic E-state index is 0.260. The van der Waals surface area contributed by atoms with Crippen molar-refractivity contribution in [1.82, 2.24) is 4.31 Å². The molecule has 3 rings (SSSR count). The summed E-state index contributed by atoms with van der Waals surface area (Å²) < 4.78 is 27.4. The van der Waals surface area contributed by atoms with Crippen LogP contribution in [0.4, 0.5) is 0 Å². The Hall–Kier alpha value is -1.78. The summed E-state index contributed by atoms with van der Waals surface area (Å²) >= 11 is 5.94. The van der Waals surface area contributed by atoms with Crippen molar-refractivity contribution in [3.63, 3.8) is 0 Å². The maximum atomic E-state index is 12.9. The van der Waals surface area contributed by atoms with E-state index in [2.05, 4.69) is 6.92 Å². The van der Waals surface area contributed by atoms with Crippen LogP contribution in [-0.2, 0) is 16.4 Å². The van der Waals surface area contributed by atoms with Gasteiger partial charge in [-0.15, -0.1) is 0 Å². The third-order valence-electron chi connectivity index (χ3n) is 4.97. The van der Waals surface area contributed by atoms with E-state index in [4.69, 9.17) is 11.6 Å². The van der Waals surface area contributed by atoms with Crippen LogP contribution in [0.5, 0.6) is 0 Å². The lowest BCUT2D eigenvalue weighted by Crippen LogP contribution is -2.26. The van der Waals surface area contributed by atoms with E-state index < -0.39 is 10.0 Å². The monoisotopic (exact) mass is 389 g/mol. The van der Waals surface area contributed by atoms with Gasteiger partial charge < -0.3 is 0 Å². The van der Waals surface area contributed by atoms with Gasteiger partial charge in [-0.1, -0.05) is 48.4 Å². The predicted molar refractivity (Wildman–Crippen MR) is 107 cm³/mol. The van der Waals surface area contributed by atoms with Crippen molar-refractivity contribution in [3.05, 3.63) is 76.5 Å². The molecule has 0 radical (unpaired) electrons. The Kier molecular flexibility index (Phi) is 5.73. The third-order valence-corrected chi connectivity index (χ3v) is 6.96. The normalized spacial score (nSPS) is 17.4. The molecule has 0 aliphatic carbocycles. The van der Waals surface area contributed by atoms with Gasteiger partial charge in [-0.05, 0) is 61.6 Å². The van der Waals surface area contributed by atoms with Gasteiger partial charge in [0.25, 0.3) is 10.0 Å². The van der Waals surface area contributed by atoms with Crippen molar-refractivity contribution < 1.29 is 8.42 Å². The Balaban J connectivity index is 1.72. The van der Waals surface area contributed by atoms with Crippen molar-refractivity contribution in [2.45, 2.75) is 38.0 Å². The van der Waals surface area contributed by atoms with Gasteiger partial charge >= 0.3 is 0 Å². The molecule has 0 amide bonds. The average Bonchev–Trinajstić information content (AvgIpc) is 3.06. The van der Waals surface area contributed by atoms with Crippen molar-refractivity contribution >= 4 is 21.6 Å². The van der Waals surface area contributed by atoms with E-state index in [0.717, 1.165) is 29.8 Å². The second kappa shape index (κ2) is 7.85. The number of rotatable bonds is 6. The number of hydrogen-bond acceptors (Lipinski definition) is 2. The summed E-state index contributed by atoms with van der Waals surface area (Å²) in [4.78, 5) is 0.355. The zero-order chi connectivity index (χ0) is 18.7.